The summed E-state index contributed by atoms with van der Waals surface area (Å²) in [5, 5.41) is 25.1. The number of hydrogen-bond acceptors (Lipinski definition) is 8. The molecular formula is C23H40N6O3. The summed E-state index contributed by atoms with van der Waals surface area (Å²) in [6.07, 6.45) is 5.70. The third-order valence-electron chi connectivity index (χ3n) is 4.26. The molecule has 180 valence electrons. The Morgan fingerprint density at radius 3 is 2.44 bits per heavy atom. The molecule has 1 atom stereocenters. The van der Waals surface area contributed by atoms with Gasteiger partial charge in [-0.3, -0.25) is 0 Å². The Labute approximate surface area is 191 Å². The normalized spacial score (nSPS) is 10.5. The van der Waals surface area contributed by atoms with Gasteiger partial charge in [0.2, 0.25) is 0 Å². The first kappa shape index (κ1) is 29.3. The summed E-state index contributed by atoms with van der Waals surface area (Å²) in [7, 11) is 3.66. The lowest BCUT2D eigenvalue weighted by atomic mass is 10.2. The second kappa shape index (κ2) is 17.9. The van der Waals surface area contributed by atoms with Crippen LogP contribution in [0.4, 0.5) is 11.5 Å². The predicted molar refractivity (Wildman–Crippen MR) is 131 cm³/mol. The van der Waals surface area contributed by atoms with Crippen molar-refractivity contribution in [3.8, 4) is 5.75 Å². The van der Waals surface area contributed by atoms with Crippen molar-refractivity contribution < 1.29 is 14.9 Å². The summed E-state index contributed by atoms with van der Waals surface area (Å²) in [6, 6.07) is 10.2. The summed E-state index contributed by atoms with van der Waals surface area (Å²) in [4.78, 5) is 4.41. The van der Waals surface area contributed by atoms with E-state index in [0.29, 0.717) is 6.04 Å². The van der Waals surface area contributed by atoms with Crippen LogP contribution in [0.25, 0.3) is 5.52 Å². The van der Waals surface area contributed by atoms with E-state index >= 15 is 0 Å². The van der Waals surface area contributed by atoms with E-state index in [1.54, 1.807) is 13.4 Å². The number of hydrogen-bond donors (Lipinski definition) is 5. The number of benzene rings is 1. The van der Waals surface area contributed by atoms with E-state index in [0.717, 1.165) is 62.9 Å². The summed E-state index contributed by atoms with van der Waals surface area (Å²) in [5.74, 6) is 1.59. The first-order valence-electron chi connectivity index (χ1n) is 10.7. The molecular weight excluding hydrogens is 408 g/mol. The number of anilines is 2. The molecule has 0 aliphatic carbocycles. The number of nitrogens with two attached hydrogens (primary N) is 1. The maximum Gasteiger partial charge on any atom is 0.158 e. The lowest BCUT2D eigenvalue weighted by molar-refractivity contribution is 0.399. The fourth-order valence-corrected chi connectivity index (χ4v) is 2.49. The summed E-state index contributed by atoms with van der Waals surface area (Å²) in [5.41, 5.74) is 8.38. The smallest absolute Gasteiger partial charge is 0.158 e. The van der Waals surface area contributed by atoms with Crippen LogP contribution in [0, 0.1) is 0 Å². The van der Waals surface area contributed by atoms with Crippen LogP contribution in [0.5, 0.6) is 5.75 Å². The van der Waals surface area contributed by atoms with E-state index in [1.165, 1.54) is 5.56 Å². The van der Waals surface area contributed by atoms with Crippen molar-refractivity contribution in [1.29, 1.82) is 0 Å². The van der Waals surface area contributed by atoms with Crippen LogP contribution in [0.1, 0.15) is 39.2 Å². The zero-order chi connectivity index (χ0) is 24.4. The SMILES string of the molecule is CCC(C)N.CCCNCc1ccn2ncnc(Nc3cccc(OC)c3)c12.CO.CO. The van der Waals surface area contributed by atoms with E-state index in [9.17, 15) is 0 Å². The first-order valence-corrected chi connectivity index (χ1v) is 10.7. The van der Waals surface area contributed by atoms with E-state index in [4.69, 9.17) is 20.7 Å². The third kappa shape index (κ3) is 10.1. The number of aliphatic hydroxyl groups excluding tert-OH is 2. The van der Waals surface area contributed by atoms with Crippen LogP contribution in [-0.2, 0) is 6.54 Å². The lowest BCUT2D eigenvalue weighted by Crippen LogP contribution is -2.14. The predicted octanol–water partition coefficient (Wildman–Crippen LogP) is 2.94. The summed E-state index contributed by atoms with van der Waals surface area (Å²) >= 11 is 0. The maximum absolute atomic E-state index is 7.00. The van der Waals surface area contributed by atoms with Crippen molar-refractivity contribution in [3.05, 3.63) is 48.4 Å². The number of ether oxygens (including phenoxy) is 1. The Hall–Kier alpha value is -2.72. The quantitative estimate of drug-likeness (QED) is 0.333. The molecule has 9 nitrogen and oxygen atoms in total. The van der Waals surface area contributed by atoms with Crippen molar-refractivity contribution in [2.45, 2.75) is 46.2 Å². The van der Waals surface area contributed by atoms with Gasteiger partial charge < -0.3 is 31.3 Å². The topological polar surface area (TPSA) is 130 Å². The molecule has 6 N–H and O–H groups in total. The summed E-state index contributed by atoms with van der Waals surface area (Å²) < 4.78 is 7.11. The number of nitrogens with one attached hydrogen (secondary N) is 2. The highest BCUT2D eigenvalue weighted by atomic mass is 16.5. The second-order valence-corrected chi connectivity index (χ2v) is 6.66. The highest BCUT2D eigenvalue weighted by molar-refractivity contribution is 5.76. The van der Waals surface area contributed by atoms with Gasteiger partial charge in [0.1, 0.15) is 17.6 Å². The molecule has 1 aromatic carbocycles. The van der Waals surface area contributed by atoms with E-state index in [-0.39, 0.29) is 0 Å². The highest BCUT2D eigenvalue weighted by Crippen LogP contribution is 2.25. The number of aliphatic hydroxyl groups is 2. The van der Waals surface area contributed by atoms with Crippen LogP contribution in [-0.4, -0.2) is 58.7 Å². The fourth-order valence-electron chi connectivity index (χ4n) is 2.49. The Balaban J connectivity index is 0.000000928. The maximum atomic E-state index is 7.00. The molecule has 2 heterocycles. The van der Waals surface area contributed by atoms with Gasteiger partial charge in [-0.05, 0) is 50.1 Å². The molecule has 1 unspecified atom stereocenters. The van der Waals surface area contributed by atoms with E-state index in [1.807, 2.05) is 41.9 Å². The van der Waals surface area contributed by atoms with Crippen LogP contribution in [0.15, 0.2) is 42.9 Å². The van der Waals surface area contributed by atoms with Crippen molar-refractivity contribution in [3.63, 3.8) is 0 Å². The average molecular weight is 449 g/mol. The molecule has 0 fully saturated rings. The number of nitrogens with zero attached hydrogens (tertiary/aromatic N) is 3. The Morgan fingerprint density at radius 2 is 1.84 bits per heavy atom. The monoisotopic (exact) mass is 448 g/mol. The molecule has 0 radical (unpaired) electrons. The molecule has 2 aromatic heterocycles. The van der Waals surface area contributed by atoms with E-state index < -0.39 is 0 Å². The minimum Gasteiger partial charge on any atom is -0.497 e. The Morgan fingerprint density at radius 1 is 1.16 bits per heavy atom. The molecule has 3 aromatic rings. The van der Waals surface area contributed by atoms with Gasteiger partial charge in [0.15, 0.2) is 5.82 Å². The second-order valence-electron chi connectivity index (χ2n) is 6.66. The zero-order valence-electron chi connectivity index (χ0n) is 20.2. The number of fused-ring (bicyclic) bond motifs is 1. The molecule has 0 aliphatic rings. The zero-order valence-corrected chi connectivity index (χ0v) is 20.2. The van der Waals surface area contributed by atoms with Gasteiger partial charge in [-0.25, -0.2) is 9.50 Å². The van der Waals surface area contributed by atoms with Crippen LogP contribution in [0.2, 0.25) is 0 Å². The number of rotatable bonds is 8. The van der Waals surface area contributed by atoms with Gasteiger partial charge in [0.05, 0.1) is 7.11 Å². The largest absolute Gasteiger partial charge is 0.497 e. The van der Waals surface area contributed by atoms with Crippen molar-refractivity contribution in [2.24, 2.45) is 5.73 Å². The van der Waals surface area contributed by atoms with Gasteiger partial charge in [-0.1, -0.05) is 19.9 Å². The van der Waals surface area contributed by atoms with E-state index in [2.05, 4.69) is 40.6 Å². The summed E-state index contributed by atoms with van der Waals surface area (Å²) in [6.45, 7) is 8.02. The van der Waals surface area contributed by atoms with Gasteiger partial charge in [-0.2, -0.15) is 5.10 Å². The molecule has 0 aliphatic heterocycles. The molecule has 32 heavy (non-hydrogen) atoms. The molecule has 0 bridgehead atoms. The first-order chi connectivity index (χ1) is 15.6. The molecule has 0 saturated carbocycles. The molecule has 0 spiro atoms. The Bertz CT molecular complexity index is 855. The number of aromatic nitrogens is 3. The Kier molecular flexibility index (Phi) is 16.4. The minimum atomic E-state index is 0.384. The van der Waals surface area contributed by atoms with Crippen molar-refractivity contribution in [2.75, 3.05) is 33.2 Å². The minimum absolute atomic E-state index is 0.384. The van der Waals surface area contributed by atoms with Crippen LogP contribution < -0.4 is 21.1 Å². The van der Waals surface area contributed by atoms with Crippen LogP contribution >= 0.6 is 0 Å². The highest BCUT2D eigenvalue weighted by Gasteiger charge is 2.10. The van der Waals surface area contributed by atoms with Gasteiger partial charge in [-0.15, -0.1) is 0 Å². The van der Waals surface area contributed by atoms with Crippen LogP contribution in [0.3, 0.4) is 0 Å². The van der Waals surface area contributed by atoms with Gasteiger partial charge in [0.25, 0.3) is 0 Å². The molecule has 3 rings (SSSR count). The molecule has 0 saturated heterocycles. The van der Waals surface area contributed by atoms with Crippen molar-refractivity contribution >= 4 is 17.0 Å². The van der Waals surface area contributed by atoms with Crippen molar-refractivity contribution in [1.82, 2.24) is 19.9 Å². The lowest BCUT2D eigenvalue weighted by Gasteiger charge is -2.10. The standard InChI is InChI=1S/C17H21N5O.C4H11N.2CH4O/c1-3-8-18-11-13-7-9-22-16(13)17(19-12-20-22)21-14-5-4-6-15(10-14)23-2;1-3-4(2)5;2*1-2/h4-7,9-10,12,18H,3,8,11H2,1-2H3,(H,19,20,21);4H,3,5H2,1-2H3;2*2H,1H3. The molecule has 9 heteroatoms. The van der Waals surface area contributed by atoms with Gasteiger partial charge >= 0.3 is 0 Å². The third-order valence-corrected chi connectivity index (χ3v) is 4.26. The molecule has 0 amide bonds. The fraction of sp³-hybridized carbons (Fsp3) is 0.478. The number of methoxy groups -OCH3 is 1. The van der Waals surface area contributed by atoms with Gasteiger partial charge in [0, 0.05) is 44.8 Å². The average Bonchev–Trinajstić information content (AvgIpc) is 3.26.